The number of anilines is 1. The molecular formula is C21H27IN10. The molecule has 10 nitrogen and oxygen atoms in total. The zero-order chi connectivity index (χ0) is 21.5. The standard InChI is InChI=1S/C21H26N10.HI/c1-22-21(24-10-9-23-19-18-13-29-30(2)20(18)27-15-26-19)25-12-16-6-3-4-7-17(16)14-31-11-5-8-28-31;/h3-8,11,13,15H,9-10,12,14H2,1-2H3,(H2,22,24,25)(H,23,26,27);1H. The van der Waals surface area contributed by atoms with Gasteiger partial charge in [0.15, 0.2) is 11.6 Å². The Morgan fingerprint density at radius 3 is 2.66 bits per heavy atom. The van der Waals surface area contributed by atoms with Crippen LogP contribution in [0.15, 0.2) is 60.2 Å². The number of nitrogens with one attached hydrogen (secondary N) is 3. The van der Waals surface area contributed by atoms with Gasteiger partial charge in [-0.15, -0.1) is 24.0 Å². The molecule has 32 heavy (non-hydrogen) atoms. The van der Waals surface area contributed by atoms with E-state index in [-0.39, 0.29) is 24.0 Å². The normalized spacial score (nSPS) is 11.2. The molecule has 3 aromatic heterocycles. The molecular weight excluding hydrogens is 519 g/mol. The molecule has 0 bridgehead atoms. The Balaban J connectivity index is 0.00000289. The van der Waals surface area contributed by atoms with Crippen molar-refractivity contribution in [2.75, 3.05) is 25.5 Å². The van der Waals surface area contributed by atoms with Gasteiger partial charge in [0.05, 0.1) is 18.1 Å². The number of hydrogen-bond donors (Lipinski definition) is 3. The molecule has 0 spiro atoms. The second-order valence-electron chi connectivity index (χ2n) is 6.98. The number of hydrogen-bond acceptors (Lipinski definition) is 6. The van der Waals surface area contributed by atoms with Crippen molar-refractivity contribution in [3.8, 4) is 0 Å². The predicted octanol–water partition coefficient (Wildman–Crippen LogP) is 2.00. The summed E-state index contributed by atoms with van der Waals surface area (Å²) in [5.41, 5.74) is 3.23. The van der Waals surface area contributed by atoms with Crippen LogP contribution in [0.1, 0.15) is 11.1 Å². The fourth-order valence-corrected chi connectivity index (χ4v) is 3.32. The van der Waals surface area contributed by atoms with Crippen LogP contribution in [0.2, 0.25) is 0 Å². The number of fused-ring (bicyclic) bond motifs is 1. The van der Waals surface area contributed by atoms with Gasteiger partial charge in [0.2, 0.25) is 0 Å². The lowest BCUT2D eigenvalue weighted by molar-refractivity contribution is 0.677. The van der Waals surface area contributed by atoms with Gasteiger partial charge in [-0.3, -0.25) is 14.4 Å². The molecule has 0 saturated heterocycles. The summed E-state index contributed by atoms with van der Waals surface area (Å²) in [7, 11) is 3.63. The number of benzene rings is 1. The fraction of sp³-hybridized carbons (Fsp3) is 0.286. The maximum Gasteiger partial charge on any atom is 0.191 e. The van der Waals surface area contributed by atoms with Crippen LogP contribution >= 0.6 is 24.0 Å². The second kappa shape index (κ2) is 11.4. The molecule has 4 aromatic rings. The summed E-state index contributed by atoms with van der Waals surface area (Å²) in [6.45, 7) is 2.77. The summed E-state index contributed by atoms with van der Waals surface area (Å²) in [6, 6.07) is 10.3. The minimum absolute atomic E-state index is 0. The molecule has 168 valence electrons. The molecule has 1 aromatic carbocycles. The van der Waals surface area contributed by atoms with Crippen molar-refractivity contribution in [2.24, 2.45) is 12.0 Å². The molecule has 3 heterocycles. The van der Waals surface area contributed by atoms with E-state index in [2.05, 4.69) is 53.2 Å². The Morgan fingerprint density at radius 1 is 1.03 bits per heavy atom. The summed E-state index contributed by atoms with van der Waals surface area (Å²) < 4.78 is 3.65. The molecule has 0 saturated carbocycles. The van der Waals surface area contributed by atoms with E-state index in [9.17, 15) is 0 Å². The molecule has 11 heteroatoms. The van der Waals surface area contributed by atoms with E-state index in [0.717, 1.165) is 29.4 Å². The topological polar surface area (TPSA) is 110 Å². The number of rotatable bonds is 8. The number of aliphatic imine (C=N–C) groups is 1. The van der Waals surface area contributed by atoms with Crippen molar-refractivity contribution in [3.05, 3.63) is 66.4 Å². The molecule has 0 amide bonds. The van der Waals surface area contributed by atoms with Gasteiger partial charge in [0.25, 0.3) is 0 Å². The first-order valence-corrected chi connectivity index (χ1v) is 10.1. The summed E-state index contributed by atoms with van der Waals surface area (Å²) in [4.78, 5) is 12.9. The van der Waals surface area contributed by atoms with Gasteiger partial charge in [-0.2, -0.15) is 10.2 Å². The number of halogens is 1. The number of aromatic nitrogens is 6. The van der Waals surface area contributed by atoms with Crippen molar-refractivity contribution < 1.29 is 0 Å². The van der Waals surface area contributed by atoms with Gasteiger partial charge in [-0.25, -0.2) is 9.97 Å². The van der Waals surface area contributed by atoms with Crippen LogP contribution in [0.25, 0.3) is 11.0 Å². The number of guanidine groups is 1. The molecule has 0 aliphatic carbocycles. The SMILES string of the molecule is CN=C(NCCNc1ncnc2c1cnn2C)NCc1ccccc1Cn1cccn1.I. The summed E-state index contributed by atoms with van der Waals surface area (Å²) >= 11 is 0. The van der Waals surface area contributed by atoms with Crippen molar-refractivity contribution in [3.63, 3.8) is 0 Å². The first-order chi connectivity index (χ1) is 15.2. The summed E-state index contributed by atoms with van der Waals surface area (Å²) in [5.74, 6) is 1.51. The van der Waals surface area contributed by atoms with Gasteiger partial charge < -0.3 is 16.0 Å². The van der Waals surface area contributed by atoms with Crippen molar-refractivity contribution in [1.29, 1.82) is 0 Å². The fourth-order valence-electron chi connectivity index (χ4n) is 3.32. The average Bonchev–Trinajstić information content (AvgIpc) is 3.44. The van der Waals surface area contributed by atoms with E-state index >= 15 is 0 Å². The van der Waals surface area contributed by atoms with Crippen molar-refractivity contribution >= 4 is 46.8 Å². The zero-order valence-electron chi connectivity index (χ0n) is 18.1. The highest BCUT2D eigenvalue weighted by atomic mass is 127. The first-order valence-electron chi connectivity index (χ1n) is 10.1. The van der Waals surface area contributed by atoms with Gasteiger partial charge >= 0.3 is 0 Å². The first kappa shape index (κ1) is 23.4. The Hall–Kier alpha value is -3.22. The lowest BCUT2D eigenvalue weighted by Gasteiger charge is -2.15. The molecule has 0 unspecified atom stereocenters. The highest BCUT2D eigenvalue weighted by Gasteiger charge is 2.07. The minimum atomic E-state index is 0. The third-order valence-corrected chi connectivity index (χ3v) is 4.92. The summed E-state index contributed by atoms with van der Waals surface area (Å²) in [5, 5.41) is 19.5. The molecule has 4 rings (SSSR count). The minimum Gasteiger partial charge on any atom is -0.368 e. The van der Waals surface area contributed by atoms with E-state index in [4.69, 9.17) is 0 Å². The van der Waals surface area contributed by atoms with Crippen molar-refractivity contribution in [2.45, 2.75) is 13.1 Å². The van der Waals surface area contributed by atoms with Crippen LogP contribution in [0.4, 0.5) is 5.82 Å². The van der Waals surface area contributed by atoms with E-state index in [1.54, 1.807) is 30.5 Å². The Kier molecular flexibility index (Phi) is 8.36. The second-order valence-corrected chi connectivity index (χ2v) is 6.98. The predicted molar refractivity (Wildman–Crippen MR) is 136 cm³/mol. The maximum atomic E-state index is 4.32. The van der Waals surface area contributed by atoms with E-state index in [1.165, 1.54) is 11.1 Å². The van der Waals surface area contributed by atoms with Crippen molar-refractivity contribution in [1.82, 2.24) is 40.2 Å². The third-order valence-electron chi connectivity index (χ3n) is 4.92. The lowest BCUT2D eigenvalue weighted by atomic mass is 10.1. The molecule has 0 fully saturated rings. The molecule has 0 atom stereocenters. The largest absolute Gasteiger partial charge is 0.368 e. The van der Waals surface area contributed by atoms with Gasteiger partial charge in [0.1, 0.15) is 12.1 Å². The van der Waals surface area contributed by atoms with Crippen LogP contribution in [0, 0.1) is 0 Å². The molecule has 3 N–H and O–H groups in total. The zero-order valence-corrected chi connectivity index (χ0v) is 20.4. The van der Waals surface area contributed by atoms with Crippen LogP contribution in [-0.4, -0.2) is 55.6 Å². The quantitative estimate of drug-likeness (QED) is 0.134. The molecule has 0 radical (unpaired) electrons. The van der Waals surface area contributed by atoms with E-state index < -0.39 is 0 Å². The Morgan fingerprint density at radius 2 is 1.88 bits per heavy atom. The number of aryl methyl sites for hydroxylation is 1. The summed E-state index contributed by atoms with van der Waals surface area (Å²) in [6.07, 6.45) is 7.07. The third kappa shape index (κ3) is 5.72. The van der Waals surface area contributed by atoms with Gasteiger partial charge in [0, 0.05) is 46.1 Å². The monoisotopic (exact) mass is 546 g/mol. The maximum absolute atomic E-state index is 4.32. The highest BCUT2D eigenvalue weighted by molar-refractivity contribution is 14.0. The molecule has 0 aliphatic heterocycles. The van der Waals surface area contributed by atoms with Crippen LogP contribution in [-0.2, 0) is 20.1 Å². The Labute approximate surface area is 203 Å². The number of nitrogens with zero attached hydrogens (tertiary/aromatic N) is 7. The van der Waals surface area contributed by atoms with E-state index in [0.29, 0.717) is 19.6 Å². The van der Waals surface area contributed by atoms with Crippen LogP contribution in [0.3, 0.4) is 0 Å². The van der Waals surface area contributed by atoms with Crippen LogP contribution in [0.5, 0.6) is 0 Å². The van der Waals surface area contributed by atoms with Gasteiger partial charge in [-0.05, 0) is 17.2 Å². The van der Waals surface area contributed by atoms with Gasteiger partial charge in [-0.1, -0.05) is 24.3 Å². The molecule has 0 aliphatic rings. The van der Waals surface area contributed by atoms with Crippen LogP contribution < -0.4 is 16.0 Å². The smallest absolute Gasteiger partial charge is 0.191 e. The Bertz CT molecular complexity index is 1150. The lowest BCUT2D eigenvalue weighted by Crippen LogP contribution is -2.39. The average molecular weight is 546 g/mol. The van der Waals surface area contributed by atoms with E-state index in [1.807, 2.05) is 36.1 Å². The highest BCUT2D eigenvalue weighted by Crippen LogP contribution is 2.17.